The summed E-state index contributed by atoms with van der Waals surface area (Å²) in [5, 5.41) is 5.25. The third-order valence-electron chi connectivity index (χ3n) is 14.4. The Labute approximate surface area is 369 Å². The van der Waals surface area contributed by atoms with Crippen molar-refractivity contribution >= 4 is 54.8 Å². The highest BCUT2D eigenvalue weighted by Gasteiger charge is 2.37. The molecule has 2 aliphatic rings. The summed E-state index contributed by atoms with van der Waals surface area (Å²) in [7, 11) is 0. The van der Waals surface area contributed by atoms with Gasteiger partial charge in [0.05, 0.1) is 33.4 Å². The van der Waals surface area contributed by atoms with Gasteiger partial charge in [-0.05, 0) is 122 Å². The minimum atomic E-state index is -0.167. The predicted molar refractivity (Wildman–Crippen MR) is 269 cm³/mol. The van der Waals surface area contributed by atoms with Crippen LogP contribution in [0.5, 0.6) is 0 Å². The van der Waals surface area contributed by atoms with Crippen molar-refractivity contribution in [2.75, 3.05) is 0 Å². The fourth-order valence-electron chi connectivity index (χ4n) is 11.2. The van der Waals surface area contributed by atoms with Crippen molar-refractivity contribution in [3.8, 4) is 33.6 Å². The van der Waals surface area contributed by atoms with Crippen LogP contribution in [-0.4, -0.2) is 9.13 Å². The lowest BCUT2D eigenvalue weighted by Gasteiger charge is -2.35. The molecule has 0 fully saturated rings. The third-order valence-corrected chi connectivity index (χ3v) is 14.4. The predicted octanol–water partition coefficient (Wildman–Crippen LogP) is 16.2. The molecule has 0 aliphatic carbocycles. The van der Waals surface area contributed by atoms with Crippen molar-refractivity contribution < 1.29 is 0 Å². The van der Waals surface area contributed by atoms with Crippen LogP contribution < -0.4 is 0 Å². The van der Waals surface area contributed by atoms with Crippen molar-refractivity contribution in [2.45, 2.75) is 45.4 Å². The van der Waals surface area contributed by atoms with Gasteiger partial charge in [-0.25, -0.2) is 0 Å². The molecule has 4 heterocycles. The number of aromatic nitrogens is 2. The Morgan fingerprint density at radius 2 is 0.889 bits per heavy atom. The number of hydrogen-bond donors (Lipinski definition) is 0. The van der Waals surface area contributed by atoms with Crippen LogP contribution in [0.3, 0.4) is 0 Å². The summed E-state index contributed by atoms with van der Waals surface area (Å²) in [6, 6.07) is 63.4. The second-order valence-electron chi connectivity index (χ2n) is 18.7. The lowest BCUT2D eigenvalue weighted by molar-refractivity contribution is 0.630. The van der Waals surface area contributed by atoms with Gasteiger partial charge in [-0.2, -0.15) is 0 Å². The highest BCUT2D eigenvalue weighted by Crippen LogP contribution is 2.50. The van der Waals surface area contributed by atoms with E-state index in [0.29, 0.717) is 0 Å². The van der Waals surface area contributed by atoms with Gasteiger partial charge in [0.2, 0.25) is 0 Å². The number of hydrogen-bond acceptors (Lipinski definition) is 0. The Bertz CT molecular complexity index is 3650. The van der Waals surface area contributed by atoms with E-state index >= 15 is 0 Å². The number of para-hydroxylation sites is 4. The van der Waals surface area contributed by atoms with E-state index in [1.54, 1.807) is 0 Å². The Balaban J connectivity index is 0.893. The number of nitrogens with zero attached hydrogens (tertiary/aromatic N) is 2. The molecule has 2 heteroatoms. The normalized spacial score (nSPS) is 14.9. The Morgan fingerprint density at radius 1 is 0.444 bits per heavy atom. The molecule has 0 amide bonds. The van der Waals surface area contributed by atoms with Crippen LogP contribution >= 0.6 is 0 Å². The molecule has 2 aromatic heterocycles. The van der Waals surface area contributed by atoms with E-state index in [0.717, 1.165) is 11.1 Å². The van der Waals surface area contributed by atoms with Gasteiger partial charge in [-0.3, -0.25) is 0 Å². The molecule has 0 atom stereocenters. The fraction of sp³-hybridized carbons (Fsp3) is 0.115. The van der Waals surface area contributed by atoms with Crippen molar-refractivity contribution in [3.05, 3.63) is 228 Å². The first-order valence-electron chi connectivity index (χ1n) is 22.2. The first-order valence-corrected chi connectivity index (χ1v) is 22.2. The SMILES string of the molecule is C=C/C=C(\C=C(/C)c1cccc(-c2ccc3c(c2)C(C)(C)c2cccc4c5ccccc5n-3c24)c1)c1cccc(-c2ccc3c(c2)C(C)(C)c2cccc4c5ccccc5n-3c24)c1. The van der Waals surface area contributed by atoms with Gasteiger partial charge in [-0.1, -0.05) is 174 Å². The van der Waals surface area contributed by atoms with Crippen LogP contribution in [0.25, 0.3) is 88.4 Å². The van der Waals surface area contributed by atoms with Crippen LogP contribution in [0, 0.1) is 0 Å². The van der Waals surface area contributed by atoms with E-state index in [4.69, 9.17) is 0 Å². The first-order chi connectivity index (χ1) is 30.6. The molecule has 0 unspecified atom stereocenters. The molecular formula is C61H48N2. The number of allylic oxidation sites excluding steroid dienone is 5. The number of rotatable bonds is 6. The molecule has 10 aromatic rings. The molecule has 0 N–H and O–H groups in total. The minimum absolute atomic E-state index is 0.160. The average molecular weight is 809 g/mol. The second-order valence-corrected chi connectivity index (χ2v) is 18.7. The van der Waals surface area contributed by atoms with Gasteiger partial charge in [0, 0.05) is 32.4 Å². The van der Waals surface area contributed by atoms with Gasteiger partial charge in [0.15, 0.2) is 0 Å². The van der Waals surface area contributed by atoms with Crippen LogP contribution in [0.2, 0.25) is 0 Å². The zero-order chi connectivity index (χ0) is 42.8. The van der Waals surface area contributed by atoms with E-state index in [9.17, 15) is 0 Å². The molecule has 0 spiro atoms. The van der Waals surface area contributed by atoms with Crippen LogP contribution in [0.4, 0.5) is 0 Å². The summed E-state index contributed by atoms with van der Waals surface area (Å²) in [6.45, 7) is 15.9. The highest BCUT2D eigenvalue weighted by atomic mass is 15.0. The molecule has 0 bridgehead atoms. The smallest absolute Gasteiger partial charge is 0.0582 e. The van der Waals surface area contributed by atoms with Crippen molar-refractivity contribution in [3.63, 3.8) is 0 Å². The maximum Gasteiger partial charge on any atom is 0.0582 e. The summed E-state index contributed by atoms with van der Waals surface area (Å²) in [6.07, 6.45) is 6.34. The van der Waals surface area contributed by atoms with Crippen LogP contribution in [0.1, 0.15) is 68.0 Å². The van der Waals surface area contributed by atoms with E-state index in [1.807, 2.05) is 6.08 Å². The first kappa shape index (κ1) is 37.4. The maximum atomic E-state index is 4.13. The van der Waals surface area contributed by atoms with E-state index in [1.165, 1.54) is 111 Å². The monoisotopic (exact) mass is 808 g/mol. The molecule has 0 radical (unpaired) electrons. The van der Waals surface area contributed by atoms with Gasteiger partial charge in [0.25, 0.3) is 0 Å². The topological polar surface area (TPSA) is 9.86 Å². The summed E-state index contributed by atoms with van der Waals surface area (Å²) >= 11 is 0. The zero-order valence-corrected chi connectivity index (χ0v) is 36.5. The van der Waals surface area contributed by atoms with Gasteiger partial charge in [-0.15, -0.1) is 0 Å². The van der Waals surface area contributed by atoms with Crippen LogP contribution in [-0.2, 0) is 10.8 Å². The summed E-state index contributed by atoms with van der Waals surface area (Å²) < 4.78 is 4.98. The lowest BCUT2D eigenvalue weighted by Crippen LogP contribution is -2.26. The molecule has 302 valence electrons. The molecule has 63 heavy (non-hydrogen) atoms. The molecule has 12 rings (SSSR count). The third kappa shape index (κ3) is 5.37. The number of benzene rings is 8. The molecule has 2 nitrogen and oxygen atoms in total. The lowest BCUT2D eigenvalue weighted by atomic mass is 9.74. The van der Waals surface area contributed by atoms with E-state index in [2.05, 4.69) is 232 Å². The molecule has 0 saturated heterocycles. The zero-order valence-electron chi connectivity index (χ0n) is 36.5. The highest BCUT2D eigenvalue weighted by molar-refractivity contribution is 6.13. The molecular weight excluding hydrogens is 761 g/mol. The Morgan fingerprint density at radius 3 is 1.41 bits per heavy atom. The second kappa shape index (κ2) is 13.5. The van der Waals surface area contributed by atoms with Gasteiger partial charge >= 0.3 is 0 Å². The molecule has 2 aliphatic heterocycles. The fourth-order valence-corrected chi connectivity index (χ4v) is 11.2. The Hall–Kier alpha value is -7.42. The summed E-state index contributed by atoms with van der Waals surface area (Å²) in [5.41, 5.74) is 22.3. The maximum absolute atomic E-state index is 4.13. The summed E-state index contributed by atoms with van der Waals surface area (Å²) in [4.78, 5) is 0. The van der Waals surface area contributed by atoms with Crippen molar-refractivity contribution in [2.24, 2.45) is 0 Å². The minimum Gasteiger partial charge on any atom is -0.309 e. The van der Waals surface area contributed by atoms with Gasteiger partial charge in [0.1, 0.15) is 0 Å². The van der Waals surface area contributed by atoms with E-state index in [-0.39, 0.29) is 10.8 Å². The Kier molecular flexibility index (Phi) is 8.03. The molecule has 8 aromatic carbocycles. The standard InChI is InChI=1S/C61H48N2/c1-7-16-40(42-19-13-20-43(35-42)45-30-32-57-53(37-45)61(5,6)51-26-15-24-49-47-22-9-11-28-55(47)63(57)59(49)51)33-38(2)39-17-12-18-41(34-39)44-29-31-56-52(36-44)60(3,4)50-25-14-23-48-46-21-8-10-27-54(46)62(56)58(48)50/h7-37H,1H2,2-6H3/b38-33+,40-16+. The van der Waals surface area contributed by atoms with E-state index < -0.39 is 0 Å². The summed E-state index contributed by atoms with van der Waals surface area (Å²) in [5.74, 6) is 0. The molecule has 0 saturated carbocycles. The van der Waals surface area contributed by atoms with Gasteiger partial charge < -0.3 is 9.13 Å². The van der Waals surface area contributed by atoms with Crippen LogP contribution in [0.15, 0.2) is 195 Å². The average Bonchev–Trinajstić information content (AvgIpc) is 3.84. The quantitative estimate of drug-likeness (QED) is 0.148. The number of fused-ring (bicyclic) bond motifs is 10. The van der Waals surface area contributed by atoms with Crippen molar-refractivity contribution in [1.82, 2.24) is 9.13 Å². The van der Waals surface area contributed by atoms with Crippen molar-refractivity contribution in [1.29, 1.82) is 0 Å². The largest absolute Gasteiger partial charge is 0.309 e.